The second kappa shape index (κ2) is 11.4. The Hall–Kier alpha value is -4.31. The van der Waals surface area contributed by atoms with E-state index in [0.717, 1.165) is 39.2 Å². The van der Waals surface area contributed by atoms with E-state index >= 15 is 0 Å². The molecule has 0 saturated carbocycles. The van der Waals surface area contributed by atoms with Crippen molar-refractivity contribution in [1.82, 2.24) is 14.5 Å². The Morgan fingerprint density at radius 1 is 0.944 bits per heavy atom. The van der Waals surface area contributed by atoms with Crippen LogP contribution in [0.1, 0.15) is 31.5 Å². The summed E-state index contributed by atoms with van der Waals surface area (Å²) in [7, 11) is 1.76. The van der Waals surface area contributed by atoms with Crippen LogP contribution in [0.4, 0.5) is 0 Å². The van der Waals surface area contributed by atoms with Gasteiger partial charge in [0.25, 0.3) is 0 Å². The molecule has 2 aromatic carbocycles. The fraction of sp³-hybridized carbons (Fsp3) is 0.156. The fourth-order valence-corrected chi connectivity index (χ4v) is 4.27. The zero-order chi connectivity index (χ0) is 25.5. The van der Waals surface area contributed by atoms with E-state index in [-0.39, 0.29) is 0 Å². The number of nitrogens with zero attached hydrogens (tertiary/aromatic N) is 4. The highest BCUT2D eigenvalue weighted by molar-refractivity contribution is 6.11. The van der Waals surface area contributed by atoms with Crippen LogP contribution >= 0.6 is 0 Å². The first kappa shape index (κ1) is 24.8. The molecule has 0 fully saturated rings. The summed E-state index contributed by atoms with van der Waals surface area (Å²) < 4.78 is 2.24. The highest BCUT2D eigenvalue weighted by atomic mass is 15.1. The smallest absolute Gasteiger partial charge is 0.138 e. The number of fused-ring (bicyclic) bond motifs is 3. The summed E-state index contributed by atoms with van der Waals surface area (Å²) in [6.07, 6.45) is 10.4. The van der Waals surface area contributed by atoms with E-state index < -0.39 is 0 Å². The molecule has 0 amide bonds. The summed E-state index contributed by atoms with van der Waals surface area (Å²) in [5.41, 5.74) is 7.29. The lowest BCUT2D eigenvalue weighted by atomic mass is 10.0. The molecular weight excluding hydrogens is 440 g/mol. The molecule has 0 spiro atoms. The molecule has 3 aromatic heterocycles. The number of hydrogen-bond acceptors (Lipinski definition) is 3. The van der Waals surface area contributed by atoms with Gasteiger partial charge in [-0.3, -0.25) is 14.5 Å². The van der Waals surface area contributed by atoms with Crippen LogP contribution in [0.5, 0.6) is 0 Å². The number of benzene rings is 2. The number of aliphatic imine (C=N–C) groups is 1. The first-order valence-electron chi connectivity index (χ1n) is 12.3. The quantitative estimate of drug-likeness (QED) is 0.191. The van der Waals surface area contributed by atoms with Crippen LogP contribution in [0.3, 0.4) is 0 Å². The number of aryl methyl sites for hydroxylation is 1. The molecule has 0 aliphatic heterocycles. The highest BCUT2D eigenvalue weighted by Crippen LogP contribution is 2.34. The number of rotatable bonds is 5. The van der Waals surface area contributed by atoms with Crippen LogP contribution in [0.2, 0.25) is 0 Å². The van der Waals surface area contributed by atoms with Gasteiger partial charge in [-0.1, -0.05) is 74.9 Å². The van der Waals surface area contributed by atoms with Crippen molar-refractivity contribution in [2.45, 2.75) is 27.2 Å². The molecular formula is C32H32N4. The minimum Gasteiger partial charge on any atom is -0.296 e. The maximum atomic E-state index is 5.10. The maximum absolute atomic E-state index is 5.10. The van der Waals surface area contributed by atoms with Gasteiger partial charge in [0, 0.05) is 47.6 Å². The molecule has 0 saturated heterocycles. The van der Waals surface area contributed by atoms with Crippen LogP contribution in [0.25, 0.3) is 44.3 Å². The van der Waals surface area contributed by atoms with Gasteiger partial charge in [-0.2, -0.15) is 0 Å². The topological polar surface area (TPSA) is 43.1 Å². The van der Waals surface area contributed by atoms with Gasteiger partial charge in [0.05, 0.1) is 16.7 Å². The Bertz CT molecular complexity index is 1560. The number of hydrogen-bond donors (Lipinski definition) is 0. The minimum absolute atomic E-state index is 0.829. The summed E-state index contributed by atoms with van der Waals surface area (Å²) in [4.78, 5) is 13.7. The van der Waals surface area contributed by atoms with Crippen LogP contribution in [0, 0.1) is 6.92 Å². The predicted octanol–water partition coefficient (Wildman–Crippen LogP) is 8.24. The Kier molecular flexibility index (Phi) is 7.86. The van der Waals surface area contributed by atoms with Crippen molar-refractivity contribution in [3.05, 3.63) is 109 Å². The normalized spacial score (nSPS) is 11.6. The lowest BCUT2D eigenvalue weighted by Crippen LogP contribution is -2.02. The zero-order valence-electron chi connectivity index (χ0n) is 21.4. The molecule has 0 unspecified atom stereocenters. The third-order valence-corrected chi connectivity index (χ3v) is 5.73. The fourth-order valence-electron chi connectivity index (χ4n) is 4.27. The van der Waals surface area contributed by atoms with Crippen molar-refractivity contribution in [1.29, 1.82) is 0 Å². The van der Waals surface area contributed by atoms with Gasteiger partial charge >= 0.3 is 0 Å². The van der Waals surface area contributed by atoms with Crippen LogP contribution in [-0.4, -0.2) is 27.8 Å². The van der Waals surface area contributed by atoms with Gasteiger partial charge < -0.3 is 0 Å². The monoisotopic (exact) mass is 472 g/mol. The Morgan fingerprint density at radius 3 is 2.44 bits per heavy atom. The second-order valence-electron chi connectivity index (χ2n) is 8.67. The number of aromatic nitrogens is 3. The molecule has 0 radical (unpaired) electrons. The number of para-hydroxylation sites is 1. The summed E-state index contributed by atoms with van der Waals surface area (Å²) in [5.74, 6) is 0.848. The Labute approximate surface area is 213 Å². The van der Waals surface area contributed by atoms with E-state index in [4.69, 9.17) is 4.98 Å². The molecule has 5 rings (SSSR count). The third-order valence-electron chi connectivity index (χ3n) is 5.73. The van der Waals surface area contributed by atoms with E-state index in [1.165, 1.54) is 22.8 Å². The van der Waals surface area contributed by atoms with Crippen LogP contribution in [0.15, 0.2) is 103 Å². The van der Waals surface area contributed by atoms with E-state index in [9.17, 15) is 0 Å². The Balaban J connectivity index is 0.000000967. The number of pyridine rings is 2. The molecule has 3 heterocycles. The molecule has 5 aromatic rings. The molecule has 4 heteroatoms. The van der Waals surface area contributed by atoms with Gasteiger partial charge in [-0.15, -0.1) is 0 Å². The standard InChI is InChI=1S/C29H24N4.C3H8/c1-4-8-22(18-30-3)26-16-23(21-9-7-14-31-19-21)17-29(32-26)33-27-11-6-5-10-24(27)25-15-20(2)12-13-28(25)33;1-3-2/h4-19H,1H2,2-3H3;3H2,1-2H3/b22-8+,30-18?;. The molecule has 4 nitrogen and oxygen atoms in total. The van der Waals surface area contributed by atoms with Crippen molar-refractivity contribution in [3.63, 3.8) is 0 Å². The van der Waals surface area contributed by atoms with Gasteiger partial charge in [-0.05, 0) is 48.9 Å². The molecule has 0 bridgehead atoms. The molecule has 0 atom stereocenters. The molecule has 36 heavy (non-hydrogen) atoms. The SMILES string of the molecule is C=C/C=C(\C=NC)c1cc(-c2cccnc2)cc(-n2c3ccccc3c3cc(C)ccc32)n1.CCC. The van der Waals surface area contributed by atoms with Gasteiger partial charge in [0.1, 0.15) is 5.82 Å². The van der Waals surface area contributed by atoms with E-state index in [0.29, 0.717) is 0 Å². The van der Waals surface area contributed by atoms with Crippen molar-refractivity contribution in [2.75, 3.05) is 7.05 Å². The lowest BCUT2D eigenvalue weighted by Gasteiger charge is -2.13. The molecule has 0 N–H and O–H groups in total. The van der Waals surface area contributed by atoms with Gasteiger partial charge in [-0.25, -0.2) is 4.98 Å². The average molecular weight is 473 g/mol. The van der Waals surface area contributed by atoms with E-state index in [1.54, 1.807) is 19.3 Å². The van der Waals surface area contributed by atoms with E-state index in [1.807, 2.05) is 24.6 Å². The lowest BCUT2D eigenvalue weighted by molar-refractivity contribution is 1.07. The Morgan fingerprint density at radius 2 is 1.72 bits per heavy atom. The predicted molar refractivity (Wildman–Crippen MR) is 155 cm³/mol. The van der Waals surface area contributed by atoms with Gasteiger partial charge in [0.15, 0.2) is 0 Å². The first-order valence-corrected chi connectivity index (χ1v) is 12.3. The maximum Gasteiger partial charge on any atom is 0.138 e. The van der Waals surface area contributed by atoms with Crippen LogP contribution in [-0.2, 0) is 0 Å². The van der Waals surface area contributed by atoms with E-state index in [2.05, 4.69) is 103 Å². The molecule has 0 aliphatic rings. The van der Waals surface area contributed by atoms with Crippen LogP contribution < -0.4 is 0 Å². The largest absolute Gasteiger partial charge is 0.296 e. The van der Waals surface area contributed by atoms with Gasteiger partial charge in [0.2, 0.25) is 0 Å². The highest BCUT2D eigenvalue weighted by Gasteiger charge is 2.15. The second-order valence-corrected chi connectivity index (χ2v) is 8.67. The summed E-state index contributed by atoms with van der Waals surface area (Å²) in [6, 6.07) is 23.3. The molecule has 180 valence electrons. The average Bonchev–Trinajstić information content (AvgIpc) is 3.23. The van der Waals surface area contributed by atoms with Crippen molar-refractivity contribution >= 4 is 33.6 Å². The first-order chi connectivity index (χ1) is 17.6. The molecule has 0 aliphatic carbocycles. The zero-order valence-corrected chi connectivity index (χ0v) is 21.4. The summed E-state index contributed by atoms with van der Waals surface area (Å²) in [6.45, 7) is 10.2. The van der Waals surface area contributed by atoms with Crippen molar-refractivity contribution in [3.8, 4) is 16.9 Å². The van der Waals surface area contributed by atoms with Crippen molar-refractivity contribution < 1.29 is 0 Å². The summed E-state index contributed by atoms with van der Waals surface area (Å²) in [5, 5.41) is 2.43. The number of allylic oxidation sites excluding steroid dienone is 3. The third kappa shape index (κ3) is 5.03. The van der Waals surface area contributed by atoms with Crippen molar-refractivity contribution in [2.24, 2.45) is 4.99 Å². The minimum atomic E-state index is 0.829. The summed E-state index contributed by atoms with van der Waals surface area (Å²) >= 11 is 0.